The van der Waals surface area contributed by atoms with Crippen LogP contribution in [0.2, 0.25) is 0 Å². The number of hydrogen-bond acceptors (Lipinski definition) is 5. The Labute approximate surface area is 166 Å². The Morgan fingerprint density at radius 3 is 2.39 bits per heavy atom. The van der Waals surface area contributed by atoms with E-state index < -0.39 is 15.9 Å². The van der Waals surface area contributed by atoms with Gasteiger partial charge in [0, 0.05) is 12.6 Å². The van der Waals surface area contributed by atoms with Crippen molar-refractivity contribution in [2.75, 3.05) is 27.3 Å². The number of ether oxygens (including phenoxy) is 2. The van der Waals surface area contributed by atoms with Gasteiger partial charge in [0.15, 0.2) is 0 Å². The summed E-state index contributed by atoms with van der Waals surface area (Å²) in [6.07, 6.45) is 0. The van der Waals surface area contributed by atoms with Gasteiger partial charge >= 0.3 is 0 Å². The van der Waals surface area contributed by atoms with E-state index >= 15 is 0 Å². The first kappa shape index (κ1) is 21.7. The summed E-state index contributed by atoms with van der Waals surface area (Å²) >= 11 is 0. The zero-order chi connectivity index (χ0) is 20.7. The third-order valence-electron chi connectivity index (χ3n) is 4.19. The number of sulfonamides is 1. The zero-order valence-corrected chi connectivity index (χ0v) is 17.3. The highest BCUT2D eigenvalue weighted by Gasteiger charge is 2.24. The Morgan fingerprint density at radius 1 is 1.14 bits per heavy atom. The summed E-state index contributed by atoms with van der Waals surface area (Å²) in [6.45, 7) is 3.87. The van der Waals surface area contributed by atoms with Crippen LogP contribution in [-0.2, 0) is 14.8 Å². The highest BCUT2D eigenvalue weighted by molar-refractivity contribution is 7.89. The van der Waals surface area contributed by atoms with Crippen LogP contribution in [0.1, 0.15) is 25.5 Å². The number of amides is 1. The molecular weight excluding hydrogens is 380 g/mol. The molecule has 2 rings (SSSR count). The van der Waals surface area contributed by atoms with Gasteiger partial charge < -0.3 is 14.8 Å². The van der Waals surface area contributed by atoms with Crippen molar-refractivity contribution in [1.29, 1.82) is 0 Å². The molecule has 7 nitrogen and oxygen atoms in total. The Balaban J connectivity index is 2.04. The first-order chi connectivity index (χ1) is 13.3. The lowest BCUT2D eigenvalue weighted by Crippen LogP contribution is -2.39. The van der Waals surface area contributed by atoms with Crippen LogP contribution in [0, 0.1) is 0 Å². The maximum Gasteiger partial charge on any atom is 0.243 e. The largest absolute Gasteiger partial charge is 0.496 e. The third kappa shape index (κ3) is 5.24. The maximum atomic E-state index is 12.7. The molecule has 2 aromatic rings. The van der Waals surface area contributed by atoms with E-state index in [-0.39, 0.29) is 17.5 Å². The molecule has 1 amide bonds. The van der Waals surface area contributed by atoms with Gasteiger partial charge in [-0.3, -0.25) is 4.79 Å². The molecule has 2 aromatic carbocycles. The molecule has 0 spiro atoms. The number of nitrogens with zero attached hydrogens (tertiary/aromatic N) is 1. The second-order valence-electron chi connectivity index (χ2n) is 6.20. The van der Waals surface area contributed by atoms with Crippen LogP contribution in [0.4, 0.5) is 0 Å². The van der Waals surface area contributed by atoms with Crippen LogP contribution in [-0.4, -0.2) is 45.9 Å². The second kappa shape index (κ2) is 9.57. The van der Waals surface area contributed by atoms with Crippen LogP contribution in [0.15, 0.2) is 53.4 Å². The Morgan fingerprint density at radius 2 is 1.79 bits per heavy atom. The van der Waals surface area contributed by atoms with Crippen molar-refractivity contribution in [3.63, 3.8) is 0 Å². The minimum Gasteiger partial charge on any atom is -0.496 e. The van der Waals surface area contributed by atoms with E-state index in [1.54, 1.807) is 25.3 Å². The first-order valence-electron chi connectivity index (χ1n) is 8.91. The first-order valence-corrected chi connectivity index (χ1v) is 10.3. The summed E-state index contributed by atoms with van der Waals surface area (Å²) < 4.78 is 37.0. The lowest BCUT2D eigenvalue weighted by atomic mass is 10.1. The Bertz CT molecular complexity index is 897. The number of rotatable bonds is 9. The Hall–Kier alpha value is -2.58. The van der Waals surface area contributed by atoms with Gasteiger partial charge in [0.05, 0.1) is 31.2 Å². The van der Waals surface area contributed by atoms with Gasteiger partial charge in [-0.15, -0.1) is 0 Å². The molecule has 0 bridgehead atoms. The normalized spacial score (nSPS) is 12.5. The van der Waals surface area contributed by atoms with Crippen molar-refractivity contribution in [2.45, 2.75) is 24.8 Å². The number of methoxy groups -OCH3 is 1. The number of hydrogen-bond donors (Lipinski definition) is 1. The third-order valence-corrected chi connectivity index (χ3v) is 6.01. The highest BCUT2D eigenvalue weighted by Crippen LogP contribution is 2.24. The summed E-state index contributed by atoms with van der Waals surface area (Å²) in [5.41, 5.74) is 0.815. The summed E-state index contributed by atoms with van der Waals surface area (Å²) in [4.78, 5) is 12.5. The molecule has 0 radical (unpaired) electrons. The van der Waals surface area contributed by atoms with Gasteiger partial charge in [-0.1, -0.05) is 18.2 Å². The molecule has 0 aliphatic carbocycles. The van der Waals surface area contributed by atoms with Crippen LogP contribution in [0.5, 0.6) is 11.5 Å². The van der Waals surface area contributed by atoms with E-state index in [0.717, 1.165) is 9.87 Å². The number of carbonyl (C=O) groups is 1. The number of benzene rings is 2. The Kier molecular flexibility index (Phi) is 7.42. The fraction of sp³-hybridized carbons (Fsp3) is 0.350. The van der Waals surface area contributed by atoms with Crippen LogP contribution in [0.25, 0.3) is 0 Å². The van der Waals surface area contributed by atoms with Crippen molar-refractivity contribution < 1.29 is 22.7 Å². The molecule has 0 saturated heterocycles. The van der Waals surface area contributed by atoms with E-state index in [9.17, 15) is 13.2 Å². The molecule has 152 valence electrons. The minimum absolute atomic E-state index is 0.101. The number of para-hydroxylation sites is 1. The van der Waals surface area contributed by atoms with Gasteiger partial charge in [0.25, 0.3) is 0 Å². The van der Waals surface area contributed by atoms with Crippen molar-refractivity contribution in [2.24, 2.45) is 0 Å². The SMILES string of the molecule is CCOc1ccc(S(=O)(=O)N(C)CC(=O)N[C@H](C)c2ccccc2OC)cc1. The van der Waals surface area contributed by atoms with Gasteiger partial charge in [0.1, 0.15) is 11.5 Å². The molecule has 28 heavy (non-hydrogen) atoms. The topological polar surface area (TPSA) is 84.9 Å². The highest BCUT2D eigenvalue weighted by atomic mass is 32.2. The van der Waals surface area contributed by atoms with Gasteiger partial charge in [-0.25, -0.2) is 8.42 Å². The quantitative estimate of drug-likeness (QED) is 0.692. The standard InChI is InChI=1S/C20H26N2O5S/c1-5-27-16-10-12-17(13-11-16)28(24,25)22(3)14-20(23)21-15(2)18-8-6-7-9-19(18)26-4/h6-13,15H,5,14H2,1-4H3,(H,21,23)/t15-/m1/s1. The molecule has 8 heteroatoms. The molecule has 0 aromatic heterocycles. The second-order valence-corrected chi connectivity index (χ2v) is 8.24. The molecule has 0 fully saturated rings. The zero-order valence-electron chi connectivity index (χ0n) is 16.5. The number of carbonyl (C=O) groups excluding carboxylic acids is 1. The molecule has 0 aliphatic rings. The van der Waals surface area contributed by atoms with Crippen molar-refractivity contribution in [1.82, 2.24) is 9.62 Å². The molecule has 1 N–H and O–H groups in total. The lowest BCUT2D eigenvalue weighted by molar-refractivity contribution is -0.121. The smallest absolute Gasteiger partial charge is 0.243 e. The van der Waals surface area contributed by atoms with Crippen LogP contribution < -0.4 is 14.8 Å². The van der Waals surface area contributed by atoms with Gasteiger partial charge in [0.2, 0.25) is 15.9 Å². The van der Waals surface area contributed by atoms with Crippen molar-refractivity contribution in [3.8, 4) is 11.5 Å². The predicted molar refractivity (Wildman–Crippen MR) is 107 cm³/mol. The van der Waals surface area contributed by atoms with E-state index in [1.165, 1.54) is 19.2 Å². The maximum absolute atomic E-state index is 12.7. The summed E-state index contributed by atoms with van der Waals surface area (Å²) in [5, 5.41) is 2.81. The average Bonchev–Trinajstić information content (AvgIpc) is 2.68. The van der Waals surface area contributed by atoms with Crippen LogP contribution in [0.3, 0.4) is 0 Å². The van der Waals surface area contributed by atoms with Gasteiger partial charge in [-0.2, -0.15) is 4.31 Å². The molecule has 0 saturated carbocycles. The summed E-state index contributed by atoms with van der Waals surface area (Å²) in [7, 11) is -0.853. The monoisotopic (exact) mass is 406 g/mol. The van der Waals surface area contributed by atoms with Crippen molar-refractivity contribution in [3.05, 3.63) is 54.1 Å². The number of likely N-dealkylation sites (N-methyl/N-ethyl adjacent to an activating group) is 1. The van der Waals surface area contributed by atoms with E-state index in [4.69, 9.17) is 9.47 Å². The fourth-order valence-corrected chi connectivity index (χ4v) is 3.86. The molecule has 1 atom stereocenters. The minimum atomic E-state index is -3.79. The lowest BCUT2D eigenvalue weighted by Gasteiger charge is -2.20. The van der Waals surface area contributed by atoms with E-state index in [2.05, 4.69) is 5.32 Å². The molecule has 0 aliphatic heterocycles. The molecule has 0 unspecified atom stereocenters. The van der Waals surface area contributed by atoms with Gasteiger partial charge in [-0.05, 0) is 44.2 Å². The molecule has 0 heterocycles. The molecular formula is C20H26N2O5S. The number of nitrogens with one attached hydrogen (secondary N) is 1. The summed E-state index contributed by atoms with van der Waals surface area (Å²) in [5.74, 6) is 0.841. The van der Waals surface area contributed by atoms with E-state index in [1.807, 2.05) is 32.0 Å². The van der Waals surface area contributed by atoms with Crippen LogP contribution >= 0.6 is 0 Å². The predicted octanol–water partition coefficient (Wildman–Crippen LogP) is 2.59. The fourth-order valence-electron chi connectivity index (χ4n) is 2.73. The van der Waals surface area contributed by atoms with E-state index in [0.29, 0.717) is 18.1 Å². The average molecular weight is 407 g/mol. The summed E-state index contributed by atoms with van der Waals surface area (Å²) in [6, 6.07) is 13.1. The van der Waals surface area contributed by atoms with Crippen molar-refractivity contribution >= 4 is 15.9 Å².